The second kappa shape index (κ2) is 12.9. The highest BCUT2D eigenvalue weighted by Gasteiger charge is 2.41. The van der Waals surface area contributed by atoms with E-state index in [2.05, 4.69) is 5.43 Å². The number of aryl methyl sites for hydroxylation is 2. The molecular weight excluding hydrogens is 551 g/mol. The van der Waals surface area contributed by atoms with Crippen molar-refractivity contribution in [3.05, 3.63) is 105 Å². The van der Waals surface area contributed by atoms with Gasteiger partial charge in [0.1, 0.15) is 0 Å². The zero-order chi connectivity index (χ0) is 28.7. The number of hydrogen-bond acceptors (Lipinski definition) is 7. The molecule has 0 saturated carbocycles. The fourth-order valence-electron chi connectivity index (χ4n) is 3.17. The molecule has 2 atom stereocenters. The lowest BCUT2D eigenvalue weighted by molar-refractivity contribution is -0.159. The van der Waals surface area contributed by atoms with Crippen molar-refractivity contribution in [2.75, 3.05) is 0 Å². The average Bonchev–Trinajstić information content (AvgIpc) is 2.89. The van der Waals surface area contributed by atoms with Crippen molar-refractivity contribution >= 4 is 52.9 Å². The first-order chi connectivity index (χ1) is 18.5. The number of halogens is 2. The van der Waals surface area contributed by atoms with E-state index in [1.807, 2.05) is 5.43 Å². The van der Waals surface area contributed by atoms with Crippen molar-refractivity contribution in [3.8, 4) is 0 Å². The van der Waals surface area contributed by atoms with Crippen LogP contribution >= 0.6 is 23.2 Å². The van der Waals surface area contributed by atoms with Gasteiger partial charge in [0.15, 0.2) is 0 Å². The first kappa shape index (κ1) is 29.2. The number of carbonyl (C=O) groups is 5. The zero-order valence-corrected chi connectivity index (χ0v) is 22.1. The smallest absolute Gasteiger partial charge is 0.349 e. The van der Waals surface area contributed by atoms with E-state index in [1.54, 1.807) is 38.1 Å². The summed E-state index contributed by atoms with van der Waals surface area (Å²) in [4.78, 5) is 63.1. The molecule has 0 aliphatic rings. The van der Waals surface area contributed by atoms with Crippen molar-refractivity contribution in [1.29, 1.82) is 0 Å². The summed E-state index contributed by atoms with van der Waals surface area (Å²) < 4.78 is 10.3. The van der Waals surface area contributed by atoms with Gasteiger partial charge < -0.3 is 14.6 Å². The van der Waals surface area contributed by atoms with E-state index in [-0.39, 0.29) is 26.7 Å². The molecule has 0 aliphatic carbocycles. The largest absolute Gasteiger partial charge is 0.478 e. The fraction of sp³-hybridized carbons (Fsp3) is 0.148. The standard InChI is InChI=1S/C27H22Cl2N2O8/c1-14-3-7-16(8-4-14)26(36)38-21(22(25(34)35)39-27(37)17-9-5-15(2)6-10-17)24(33)31-30-23(32)19-12-11-18(28)13-20(19)29/h3-13,21-22H,1-2H3,(H,30,32)(H,31,33)(H,34,35)/t21-,22-/m1/s1. The maximum atomic E-state index is 13.0. The Balaban J connectivity index is 1.85. The second-order valence-corrected chi connectivity index (χ2v) is 9.13. The van der Waals surface area contributed by atoms with Gasteiger partial charge in [0.2, 0.25) is 12.2 Å². The predicted molar refractivity (Wildman–Crippen MR) is 140 cm³/mol. The normalized spacial score (nSPS) is 12.0. The van der Waals surface area contributed by atoms with E-state index in [0.717, 1.165) is 11.1 Å². The van der Waals surface area contributed by atoms with Gasteiger partial charge in [-0.2, -0.15) is 0 Å². The number of nitrogens with one attached hydrogen (secondary N) is 2. The van der Waals surface area contributed by atoms with Gasteiger partial charge >= 0.3 is 17.9 Å². The quantitative estimate of drug-likeness (QED) is 0.272. The number of ether oxygens (including phenoxy) is 2. The van der Waals surface area contributed by atoms with Crippen LogP contribution in [0.25, 0.3) is 0 Å². The molecule has 0 heterocycles. The van der Waals surface area contributed by atoms with Gasteiger partial charge in [-0.3, -0.25) is 20.4 Å². The SMILES string of the molecule is Cc1ccc(C(=O)O[C@@H](C(=O)O)[C@@H](OC(=O)c2ccc(C)cc2)C(=O)NNC(=O)c2ccc(Cl)cc2Cl)cc1. The summed E-state index contributed by atoms with van der Waals surface area (Å²) in [5.41, 5.74) is 5.65. The molecule has 3 aromatic rings. The third-order valence-electron chi connectivity index (χ3n) is 5.29. The highest BCUT2D eigenvalue weighted by atomic mass is 35.5. The van der Waals surface area contributed by atoms with Crippen molar-refractivity contribution in [3.63, 3.8) is 0 Å². The van der Waals surface area contributed by atoms with Crippen LogP contribution < -0.4 is 10.9 Å². The summed E-state index contributed by atoms with van der Waals surface area (Å²) in [6.07, 6.45) is -4.48. The Kier molecular flexibility index (Phi) is 9.64. The van der Waals surface area contributed by atoms with Gasteiger partial charge in [-0.25, -0.2) is 14.4 Å². The molecule has 0 saturated heterocycles. The lowest BCUT2D eigenvalue weighted by Crippen LogP contribution is -2.54. The number of carboxylic acid groups (broad SMARTS) is 1. The molecule has 10 nitrogen and oxygen atoms in total. The average molecular weight is 573 g/mol. The first-order valence-electron chi connectivity index (χ1n) is 11.3. The monoisotopic (exact) mass is 572 g/mol. The Bertz CT molecular complexity index is 1410. The van der Waals surface area contributed by atoms with Crippen LogP contribution in [0.1, 0.15) is 42.2 Å². The highest BCUT2D eigenvalue weighted by molar-refractivity contribution is 6.36. The molecule has 0 aromatic heterocycles. The number of hydrogen-bond donors (Lipinski definition) is 3. The summed E-state index contributed by atoms with van der Waals surface area (Å²) in [6, 6.07) is 16.0. The third kappa shape index (κ3) is 7.79. The summed E-state index contributed by atoms with van der Waals surface area (Å²) >= 11 is 11.8. The highest BCUT2D eigenvalue weighted by Crippen LogP contribution is 2.21. The molecule has 3 N–H and O–H groups in total. The van der Waals surface area contributed by atoms with E-state index in [9.17, 15) is 29.1 Å². The molecule has 3 aromatic carbocycles. The van der Waals surface area contributed by atoms with Crippen molar-refractivity contribution in [1.82, 2.24) is 10.9 Å². The van der Waals surface area contributed by atoms with Gasteiger partial charge in [0.25, 0.3) is 11.8 Å². The number of benzene rings is 3. The third-order valence-corrected chi connectivity index (χ3v) is 5.84. The molecule has 2 amide bonds. The minimum atomic E-state index is -2.27. The molecule has 12 heteroatoms. The minimum Gasteiger partial charge on any atom is -0.478 e. The molecule has 0 unspecified atom stereocenters. The molecule has 0 fully saturated rings. The molecule has 0 aliphatic heterocycles. The Morgan fingerprint density at radius 2 is 1.21 bits per heavy atom. The number of hydrazine groups is 1. The Hall–Kier alpha value is -4.41. The van der Waals surface area contributed by atoms with Crippen LogP contribution in [0.5, 0.6) is 0 Å². The van der Waals surface area contributed by atoms with Gasteiger partial charge in [0, 0.05) is 5.02 Å². The number of amides is 2. The Morgan fingerprint density at radius 3 is 1.67 bits per heavy atom. The second-order valence-electron chi connectivity index (χ2n) is 8.29. The van der Waals surface area contributed by atoms with Gasteiger partial charge in [-0.15, -0.1) is 0 Å². The van der Waals surface area contributed by atoms with Crippen LogP contribution in [-0.4, -0.2) is 47.0 Å². The maximum Gasteiger partial charge on any atom is 0.349 e. The lowest BCUT2D eigenvalue weighted by atomic mass is 10.1. The minimum absolute atomic E-state index is 0.00144. The maximum absolute atomic E-state index is 13.0. The Morgan fingerprint density at radius 1 is 0.718 bits per heavy atom. The fourth-order valence-corrected chi connectivity index (χ4v) is 3.67. The number of carboxylic acids is 1. The number of rotatable bonds is 8. The van der Waals surface area contributed by atoms with E-state index in [1.165, 1.54) is 42.5 Å². The van der Waals surface area contributed by atoms with Gasteiger partial charge in [-0.1, -0.05) is 58.6 Å². The number of esters is 2. The van der Waals surface area contributed by atoms with Crippen LogP contribution in [0, 0.1) is 13.8 Å². The molecule has 0 spiro atoms. The number of carbonyl (C=O) groups excluding carboxylic acids is 4. The summed E-state index contributed by atoms with van der Waals surface area (Å²) in [6.45, 7) is 3.57. The van der Waals surface area contributed by atoms with Crippen molar-refractivity contribution < 1.29 is 38.6 Å². The van der Waals surface area contributed by atoms with Gasteiger partial charge in [0.05, 0.1) is 21.7 Å². The van der Waals surface area contributed by atoms with Crippen LogP contribution in [0.2, 0.25) is 10.0 Å². The molecule has 39 heavy (non-hydrogen) atoms. The lowest BCUT2D eigenvalue weighted by Gasteiger charge is -2.23. The Labute approximate surface area is 232 Å². The van der Waals surface area contributed by atoms with E-state index < -0.39 is 41.9 Å². The summed E-state index contributed by atoms with van der Waals surface area (Å²) in [5.74, 6) is -6.10. The van der Waals surface area contributed by atoms with Crippen LogP contribution in [0.3, 0.4) is 0 Å². The van der Waals surface area contributed by atoms with E-state index in [0.29, 0.717) is 0 Å². The topological polar surface area (TPSA) is 148 Å². The van der Waals surface area contributed by atoms with Crippen LogP contribution in [0.15, 0.2) is 66.7 Å². The number of aliphatic carboxylic acids is 1. The van der Waals surface area contributed by atoms with E-state index >= 15 is 0 Å². The molecular formula is C27H22Cl2N2O8. The van der Waals surface area contributed by atoms with Crippen molar-refractivity contribution in [2.24, 2.45) is 0 Å². The summed E-state index contributed by atoms with van der Waals surface area (Å²) in [7, 11) is 0. The molecule has 202 valence electrons. The molecule has 0 bridgehead atoms. The van der Waals surface area contributed by atoms with Crippen LogP contribution in [0.4, 0.5) is 0 Å². The zero-order valence-electron chi connectivity index (χ0n) is 20.6. The molecule has 0 radical (unpaired) electrons. The first-order valence-corrected chi connectivity index (χ1v) is 12.0. The molecule has 3 rings (SSSR count). The van der Waals surface area contributed by atoms with Crippen molar-refractivity contribution in [2.45, 2.75) is 26.1 Å². The van der Waals surface area contributed by atoms with Crippen LogP contribution in [-0.2, 0) is 19.1 Å². The summed E-state index contributed by atoms with van der Waals surface area (Å²) in [5, 5.41) is 10.1. The predicted octanol–water partition coefficient (Wildman–Crippen LogP) is 3.91. The van der Waals surface area contributed by atoms with E-state index in [4.69, 9.17) is 32.7 Å². The van der Waals surface area contributed by atoms with Gasteiger partial charge in [-0.05, 0) is 56.3 Å².